The number of para-hydroxylation sites is 1. The van der Waals surface area contributed by atoms with E-state index in [1.165, 1.54) is 6.07 Å². The van der Waals surface area contributed by atoms with Gasteiger partial charge in [0.25, 0.3) is 5.91 Å². The van der Waals surface area contributed by atoms with E-state index in [0.29, 0.717) is 0 Å². The molecule has 1 amide bonds. The number of benzene rings is 2. The Hall–Kier alpha value is -2.83. The average molecular weight is 325 g/mol. The maximum atomic E-state index is 12.1. The monoisotopic (exact) mass is 325 g/mol. The molecule has 4 nitrogen and oxygen atoms in total. The van der Waals surface area contributed by atoms with E-state index in [1.54, 1.807) is 0 Å². The molecule has 0 atom stereocenters. The van der Waals surface area contributed by atoms with Crippen molar-refractivity contribution >= 4 is 11.7 Å². The van der Waals surface area contributed by atoms with Crippen LogP contribution < -0.4 is 10.5 Å². The summed E-state index contributed by atoms with van der Waals surface area (Å²) in [5.41, 5.74) is 4.07. The predicted octanol–water partition coefficient (Wildman–Crippen LogP) is 3.57. The summed E-state index contributed by atoms with van der Waals surface area (Å²) in [7, 11) is 0. The van der Waals surface area contributed by atoms with Gasteiger partial charge in [-0.2, -0.15) is 0 Å². The number of carbonyl (C=O) groups excluding carboxylic acids is 2. The molecule has 0 spiro atoms. The number of ketones is 1. The molecular formula is C16H14F3NO3. The van der Waals surface area contributed by atoms with Gasteiger partial charge in [-0.25, -0.2) is 0 Å². The van der Waals surface area contributed by atoms with Crippen molar-refractivity contribution in [2.24, 2.45) is 5.73 Å². The number of carbonyl (C=O) groups is 2. The Bertz CT molecular complexity index is 611. The van der Waals surface area contributed by atoms with E-state index in [-0.39, 0.29) is 5.56 Å². The largest absolute Gasteiger partial charge is 0.573 e. The number of halogens is 3. The van der Waals surface area contributed by atoms with Gasteiger partial charge in [-0.15, -0.1) is 13.2 Å². The molecule has 0 aliphatic rings. The van der Waals surface area contributed by atoms with E-state index in [0.717, 1.165) is 19.1 Å². The molecule has 0 saturated carbocycles. The lowest BCUT2D eigenvalue weighted by molar-refractivity contribution is -0.274. The Kier molecular flexibility index (Phi) is 6.32. The van der Waals surface area contributed by atoms with Gasteiger partial charge < -0.3 is 10.5 Å². The first-order valence-electron chi connectivity index (χ1n) is 6.42. The van der Waals surface area contributed by atoms with Crippen LogP contribution in [0.2, 0.25) is 0 Å². The van der Waals surface area contributed by atoms with E-state index >= 15 is 0 Å². The summed E-state index contributed by atoms with van der Waals surface area (Å²) in [6, 6.07) is 15.4. The molecule has 0 saturated heterocycles. The fourth-order valence-electron chi connectivity index (χ4n) is 1.62. The van der Waals surface area contributed by atoms with Crippen LogP contribution in [0.25, 0.3) is 0 Å². The fourth-order valence-corrected chi connectivity index (χ4v) is 1.62. The van der Waals surface area contributed by atoms with Crippen molar-refractivity contribution in [3.05, 3.63) is 65.7 Å². The van der Waals surface area contributed by atoms with Crippen molar-refractivity contribution in [1.82, 2.24) is 0 Å². The Morgan fingerprint density at radius 1 is 0.913 bits per heavy atom. The number of ether oxygens (including phenoxy) is 1. The van der Waals surface area contributed by atoms with Crippen molar-refractivity contribution < 1.29 is 27.5 Å². The van der Waals surface area contributed by atoms with Crippen LogP contribution in [0.5, 0.6) is 5.75 Å². The summed E-state index contributed by atoms with van der Waals surface area (Å²) < 4.78 is 40.1. The van der Waals surface area contributed by atoms with Crippen LogP contribution in [0.15, 0.2) is 54.6 Å². The SMILES string of the molecule is CC(=O)c1cccc(C(N)=O)c1OC(F)(F)F.c1ccccc1. The van der Waals surface area contributed by atoms with Gasteiger partial charge >= 0.3 is 6.36 Å². The zero-order valence-electron chi connectivity index (χ0n) is 12.1. The van der Waals surface area contributed by atoms with Gasteiger partial charge in [-0.1, -0.05) is 42.5 Å². The maximum Gasteiger partial charge on any atom is 0.573 e. The molecule has 0 aromatic heterocycles. The van der Waals surface area contributed by atoms with Crippen molar-refractivity contribution in [3.8, 4) is 5.75 Å². The molecule has 0 fully saturated rings. The molecule has 0 bridgehead atoms. The number of rotatable bonds is 3. The van der Waals surface area contributed by atoms with Crippen molar-refractivity contribution in [2.75, 3.05) is 0 Å². The van der Waals surface area contributed by atoms with E-state index in [4.69, 9.17) is 5.73 Å². The third kappa shape index (κ3) is 6.21. The lowest BCUT2D eigenvalue weighted by atomic mass is 10.1. The maximum absolute atomic E-state index is 12.1. The lowest BCUT2D eigenvalue weighted by Crippen LogP contribution is -2.22. The van der Waals surface area contributed by atoms with Crippen LogP contribution in [-0.2, 0) is 0 Å². The summed E-state index contributed by atoms with van der Waals surface area (Å²) in [6.45, 7) is 1.06. The van der Waals surface area contributed by atoms with Crippen LogP contribution in [0.4, 0.5) is 13.2 Å². The quantitative estimate of drug-likeness (QED) is 0.877. The minimum Gasteiger partial charge on any atom is -0.404 e. The summed E-state index contributed by atoms with van der Waals surface area (Å²) in [5.74, 6) is -2.63. The van der Waals surface area contributed by atoms with Crippen LogP contribution >= 0.6 is 0 Å². The number of hydrogen-bond acceptors (Lipinski definition) is 3. The van der Waals surface area contributed by atoms with E-state index in [1.807, 2.05) is 36.4 Å². The Morgan fingerprint density at radius 2 is 1.35 bits per heavy atom. The number of Topliss-reactive ketones (excluding diaryl/α,β-unsaturated/α-hetero) is 1. The van der Waals surface area contributed by atoms with Crippen LogP contribution in [0.1, 0.15) is 27.6 Å². The van der Waals surface area contributed by atoms with E-state index in [2.05, 4.69) is 4.74 Å². The van der Waals surface area contributed by atoms with E-state index in [9.17, 15) is 22.8 Å². The van der Waals surface area contributed by atoms with Gasteiger partial charge in [0.15, 0.2) is 11.5 Å². The molecule has 0 aliphatic heterocycles. The first-order chi connectivity index (χ1) is 10.7. The normalized spacial score (nSPS) is 10.3. The molecule has 0 heterocycles. The summed E-state index contributed by atoms with van der Waals surface area (Å²) in [6.07, 6.45) is -5.00. The molecule has 2 rings (SSSR count). The average Bonchev–Trinajstić information content (AvgIpc) is 2.47. The zero-order chi connectivity index (χ0) is 17.5. The third-order valence-corrected chi connectivity index (χ3v) is 2.54. The Morgan fingerprint density at radius 3 is 1.70 bits per heavy atom. The molecular weight excluding hydrogens is 311 g/mol. The second kappa shape index (κ2) is 7.98. The number of alkyl halides is 3. The van der Waals surface area contributed by atoms with Gasteiger partial charge in [0.1, 0.15) is 0 Å². The van der Waals surface area contributed by atoms with Gasteiger partial charge in [-0.3, -0.25) is 9.59 Å². The molecule has 23 heavy (non-hydrogen) atoms. The molecule has 2 aromatic rings. The molecule has 2 aromatic carbocycles. The van der Waals surface area contributed by atoms with Crippen LogP contribution in [0, 0.1) is 0 Å². The van der Waals surface area contributed by atoms with Crippen molar-refractivity contribution in [3.63, 3.8) is 0 Å². The first-order valence-corrected chi connectivity index (χ1v) is 6.42. The van der Waals surface area contributed by atoms with Crippen molar-refractivity contribution in [1.29, 1.82) is 0 Å². The summed E-state index contributed by atoms with van der Waals surface area (Å²) >= 11 is 0. The number of hydrogen-bond donors (Lipinski definition) is 1. The lowest BCUT2D eigenvalue weighted by Gasteiger charge is -2.14. The Balaban J connectivity index is 0.000000366. The second-order valence-corrected chi connectivity index (χ2v) is 4.31. The first kappa shape index (κ1) is 18.2. The third-order valence-electron chi connectivity index (χ3n) is 2.54. The van der Waals surface area contributed by atoms with Crippen molar-refractivity contribution in [2.45, 2.75) is 13.3 Å². The Labute approximate surface area is 130 Å². The standard InChI is InChI=1S/C10H8F3NO3.C6H6/c1-5(15)6-3-2-4-7(9(14)16)8(6)17-10(11,12)13;1-2-4-6-5-3-1/h2-4H,1H3,(H2,14,16);1-6H. The van der Waals surface area contributed by atoms with Gasteiger partial charge in [0, 0.05) is 0 Å². The smallest absolute Gasteiger partial charge is 0.404 e. The van der Waals surface area contributed by atoms with Gasteiger partial charge in [0.05, 0.1) is 11.1 Å². The molecule has 0 aliphatic carbocycles. The number of amides is 1. The molecule has 0 radical (unpaired) electrons. The topological polar surface area (TPSA) is 69.4 Å². The number of nitrogens with two attached hydrogens (primary N) is 1. The predicted molar refractivity (Wildman–Crippen MR) is 78.1 cm³/mol. The summed E-state index contributed by atoms with van der Waals surface area (Å²) in [4.78, 5) is 22.1. The van der Waals surface area contributed by atoms with Gasteiger partial charge in [0.2, 0.25) is 0 Å². The fraction of sp³-hybridized carbons (Fsp3) is 0.125. The molecule has 0 unspecified atom stereocenters. The van der Waals surface area contributed by atoms with Crippen LogP contribution in [-0.4, -0.2) is 18.1 Å². The zero-order valence-corrected chi connectivity index (χ0v) is 12.1. The highest BCUT2D eigenvalue weighted by Crippen LogP contribution is 2.30. The highest BCUT2D eigenvalue weighted by Gasteiger charge is 2.34. The molecule has 7 heteroatoms. The highest BCUT2D eigenvalue weighted by atomic mass is 19.4. The van der Waals surface area contributed by atoms with E-state index < -0.39 is 29.4 Å². The number of primary amides is 1. The molecule has 2 N–H and O–H groups in total. The van der Waals surface area contributed by atoms with Gasteiger partial charge in [-0.05, 0) is 19.1 Å². The molecule has 122 valence electrons. The minimum absolute atomic E-state index is 0.348. The highest BCUT2D eigenvalue weighted by molar-refractivity contribution is 6.03. The van der Waals surface area contributed by atoms with Crippen LogP contribution in [0.3, 0.4) is 0 Å². The minimum atomic E-state index is -5.00. The second-order valence-electron chi connectivity index (χ2n) is 4.31. The summed E-state index contributed by atoms with van der Waals surface area (Å²) in [5, 5.41) is 0.